The van der Waals surface area contributed by atoms with Gasteiger partial charge in [0.2, 0.25) is 0 Å². The van der Waals surface area contributed by atoms with Crippen molar-refractivity contribution < 1.29 is 0 Å². The Morgan fingerprint density at radius 1 is 1.22 bits per heavy atom. The molecule has 0 aliphatic heterocycles. The highest BCUT2D eigenvalue weighted by molar-refractivity contribution is 8.00. The summed E-state index contributed by atoms with van der Waals surface area (Å²) in [5.41, 5.74) is 3.29. The number of nitrogens with zero attached hydrogens (tertiary/aromatic N) is 4. The van der Waals surface area contributed by atoms with Crippen LogP contribution in [0.3, 0.4) is 0 Å². The van der Waals surface area contributed by atoms with E-state index in [2.05, 4.69) is 45.0 Å². The quantitative estimate of drug-likeness (QED) is 0.689. The standard InChI is InChI=1S/C12H12N4S2/c1-8-3-4-11-13-10(6-16(11)5-8)7-17-12-15-14-9(2)18-12/h3-6H,7H2,1-2H3. The molecule has 6 heteroatoms. The first-order chi connectivity index (χ1) is 8.70. The molecule has 0 saturated heterocycles. The van der Waals surface area contributed by atoms with Crippen LogP contribution in [-0.2, 0) is 5.75 Å². The van der Waals surface area contributed by atoms with Gasteiger partial charge < -0.3 is 4.40 Å². The minimum atomic E-state index is 0.829. The first-order valence-corrected chi connectivity index (χ1v) is 7.38. The molecule has 0 fully saturated rings. The number of fused-ring (bicyclic) bond motifs is 1. The Labute approximate surface area is 113 Å². The van der Waals surface area contributed by atoms with Crippen LogP contribution in [0.2, 0.25) is 0 Å². The Morgan fingerprint density at radius 3 is 2.89 bits per heavy atom. The first-order valence-electron chi connectivity index (χ1n) is 5.58. The van der Waals surface area contributed by atoms with Gasteiger partial charge in [-0.15, -0.1) is 10.2 Å². The highest BCUT2D eigenvalue weighted by atomic mass is 32.2. The number of aryl methyl sites for hydroxylation is 2. The summed E-state index contributed by atoms with van der Waals surface area (Å²) in [4.78, 5) is 4.57. The number of thioether (sulfide) groups is 1. The van der Waals surface area contributed by atoms with Gasteiger partial charge in [0.25, 0.3) is 0 Å². The van der Waals surface area contributed by atoms with Gasteiger partial charge in [0, 0.05) is 18.1 Å². The summed E-state index contributed by atoms with van der Waals surface area (Å²) in [5, 5.41) is 9.10. The lowest BCUT2D eigenvalue weighted by Gasteiger charge is -1.93. The van der Waals surface area contributed by atoms with E-state index >= 15 is 0 Å². The fourth-order valence-electron chi connectivity index (χ4n) is 1.70. The third kappa shape index (κ3) is 2.39. The number of rotatable bonds is 3. The zero-order valence-corrected chi connectivity index (χ0v) is 11.8. The van der Waals surface area contributed by atoms with Crippen LogP contribution >= 0.6 is 23.1 Å². The van der Waals surface area contributed by atoms with Crippen LogP contribution in [0.1, 0.15) is 16.3 Å². The third-order valence-corrected chi connectivity index (χ3v) is 4.51. The van der Waals surface area contributed by atoms with Crippen LogP contribution in [0.15, 0.2) is 28.9 Å². The van der Waals surface area contributed by atoms with Crippen molar-refractivity contribution in [3.63, 3.8) is 0 Å². The lowest BCUT2D eigenvalue weighted by atomic mass is 10.3. The topological polar surface area (TPSA) is 43.1 Å². The van der Waals surface area contributed by atoms with Crippen LogP contribution in [0.5, 0.6) is 0 Å². The second-order valence-electron chi connectivity index (χ2n) is 4.08. The number of hydrogen-bond acceptors (Lipinski definition) is 5. The molecule has 0 radical (unpaired) electrons. The van der Waals surface area contributed by atoms with Gasteiger partial charge in [0.05, 0.1) is 5.69 Å². The minimum Gasteiger partial charge on any atom is -0.307 e. The molecule has 0 unspecified atom stereocenters. The van der Waals surface area contributed by atoms with E-state index in [0.717, 1.165) is 26.4 Å². The molecule has 0 spiro atoms. The Kier molecular flexibility index (Phi) is 3.05. The van der Waals surface area contributed by atoms with Gasteiger partial charge in [-0.1, -0.05) is 29.2 Å². The van der Waals surface area contributed by atoms with E-state index in [9.17, 15) is 0 Å². The lowest BCUT2D eigenvalue weighted by Crippen LogP contribution is -1.82. The largest absolute Gasteiger partial charge is 0.307 e. The molecular weight excluding hydrogens is 264 g/mol. The van der Waals surface area contributed by atoms with Crippen LogP contribution in [0.4, 0.5) is 0 Å². The van der Waals surface area contributed by atoms with E-state index in [-0.39, 0.29) is 0 Å². The highest BCUT2D eigenvalue weighted by Crippen LogP contribution is 2.25. The summed E-state index contributed by atoms with van der Waals surface area (Å²) < 4.78 is 3.07. The van der Waals surface area contributed by atoms with Crippen LogP contribution in [0.25, 0.3) is 5.65 Å². The maximum Gasteiger partial charge on any atom is 0.174 e. The van der Waals surface area contributed by atoms with E-state index in [1.54, 1.807) is 23.1 Å². The predicted molar refractivity (Wildman–Crippen MR) is 74.1 cm³/mol. The average Bonchev–Trinajstić information content (AvgIpc) is 2.92. The van der Waals surface area contributed by atoms with Crippen molar-refractivity contribution in [2.75, 3.05) is 0 Å². The Bertz CT molecular complexity index is 686. The Morgan fingerprint density at radius 2 is 2.11 bits per heavy atom. The summed E-state index contributed by atoms with van der Waals surface area (Å²) in [7, 11) is 0. The summed E-state index contributed by atoms with van der Waals surface area (Å²) in [5.74, 6) is 0.829. The molecule has 0 aliphatic carbocycles. The number of aromatic nitrogens is 4. The highest BCUT2D eigenvalue weighted by Gasteiger charge is 2.05. The van der Waals surface area contributed by atoms with Crippen LogP contribution < -0.4 is 0 Å². The van der Waals surface area contributed by atoms with Crippen LogP contribution in [0, 0.1) is 13.8 Å². The van der Waals surface area contributed by atoms with Gasteiger partial charge in [0.15, 0.2) is 4.34 Å². The molecule has 0 atom stereocenters. The fraction of sp³-hybridized carbons (Fsp3) is 0.250. The SMILES string of the molecule is Cc1ccc2nc(CSc3nnc(C)s3)cn2c1. The zero-order chi connectivity index (χ0) is 12.5. The summed E-state index contributed by atoms with van der Waals surface area (Å²) >= 11 is 3.31. The molecule has 0 aliphatic rings. The van der Waals surface area contributed by atoms with Gasteiger partial charge in [-0.05, 0) is 25.5 Å². The van der Waals surface area contributed by atoms with Crippen molar-refractivity contribution >= 4 is 28.7 Å². The summed E-state index contributed by atoms with van der Waals surface area (Å²) in [6.07, 6.45) is 4.16. The van der Waals surface area contributed by atoms with Crippen molar-refractivity contribution in [1.82, 2.24) is 19.6 Å². The van der Waals surface area contributed by atoms with Crippen molar-refractivity contribution in [2.45, 2.75) is 23.9 Å². The Hall–Kier alpha value is -1.40. The molecule has 3 heterocycles. The maximum atomic E-state index is 4.57. The predicted octanol–water partition coefficient (Wildman–Crippen LogP) is 3.09. The van der Waals surface area contributed by atoms with Gasteiger partial charge in [0.1, 0.15) is 10.7 Å². The normalized spacial score (nSPS) is 11.2. The molecule has 0 bridgehead atoms. The molecule has 3 aromatic heterocycles. The van der Waals surface area contributed by atoms with Gasteiger partial charge in [-0.25, -0.2) is 4.98 Å². The van der Waals surface area contributed by atoms with Crippen molar-refractivity contribution in [3.05, 3.63) is 40.8 Å². The zero-order valence-electron chi connectivity index (χ0n) is 10.1. The summed E-state index contributed by atoms with van der Waals surface area (Å²) in [6.45, 7) is 4.05. The average molecular weight is 276 g/mol. The van der Waals surface area contributed by atoms with Crippen molar-refractivity contribution in [1.29, 1.82) is 0 Å². The second kappa shape index (κ2) is 4.70. The van der Waals surface area contributed by atoms with Gasteiger partial charge in [-0.3, -0.25) is 0 Å². The number of pyridine rings is 1. The molecule has 92 valence electrons. The molecular formula is C12H12N4S2. The van der Waals surface area contributed by atoms with E-state index in [1.165, 1.54) is 5.56 Å². The van der Waals surface area contributed by atoms with Gasteiger partial charge in [-0.2, -0.15) is 0 Å². The second-order valence-corrected chi connectivity index (χ2v) is 6.48. The van der Waals surface area contributed by atoms with E-state index in [1.807, 2.05) is 13.0 Å². The maximum absolute atomic E-state index is 4.57. The molecule has 3 rings (SSSR count). The van der Waals surface area contributed by atoms with Crippen LogP contribution in [-0.4, -0.2) is 19.6 Å². The van der Waals surface area contributed by atoms with E-state index in [4.69, 9.17) is 0 Å². The first kappa shape index (κ1) is 11.7. The van der Waals surface area contributed by atoms with Gasteiger partial charge >= 0.3 is 0 Å². The van der Waals surface area contributed by atoms with E-state index in [0.29, 0.717) is 0 Å². The summed E-state index contributed by atoms with van der Waals surface area (Å²) in [6, 6.07) is 4.12. The van der Waals surface area contributed by atoms with Crippen molar-refractivity contribution in [2.24, 2.45) is 0 Å². The lowest BCUT2D eigenvalue weighted by molar-refractivity contribution is 0.983. The molecule has 18 heavy (non-hydrogen) atoms. The third-order valence-electron chi connectivity index (χ3n) is 2.50. The molecule has 4 nitrogen and oxygen atoms in total. The minimum absolute atomic E-state index is 0.829. The number of imidazole rings is 1. The monoisotopic (exact) mass is 276 g/mol. The molecule has 0 saturated carbocycles. The fourth-order valence-corrected chi connectivity index (χ4v) is 3.40. The molecule has 0 N–H and O–H groups in total. The number of hydrogen-bond donors (Lipinski definition) is 0. The Balaban J connectivity index is 1.78. The molecule has 3 aromatic rings. The smallest absolute Gasteiger partial charge is 0.174 e. The molecule has 0 amide bonds. The molecule has 0 aromatic carbocycles. The van der Waals surface area contributed by atoms with Crippen molar-refractivity contribution in [3.8, 4) is 0 Å². The van der Waals surface area contributed by atoms with E-state index < -0.39 is 0 Å².